The molecule has 4 nitrogen and oxygen atoms in total. The van der Waals surface area contributed by atoms with Crippen LogP contribution in [0.4, 0.5) is 0 Å². The Bertz CT molecular complexity index is 734. The van der Waals surface area contributed by atoms with Crippen LogP contribution < -0.4 is 4.74 Å². The number of thiazole rings is 1. The van der Waals surface area contributed by atoms with Gasteiger partial charge in [-0.05, 0) is 36.1 Å². The first-order valence-electron chi connectivity index (χ1n) is 6.64. The monoisotopic (exact) mass is 286 g/mol. The van der Waals surface area contributed by atoms with E-state index in [-0.39, 0.29) is 6.10 Å². The zero-order chi connectivity index (χ0) is 13.5. The summed E-state index contributed by atoms with van der Waals surface area (Å²) in [5.74, 6) is 0.842. The molecule has 1 aliphatic carbocycles. The van der Waals surface area contributed by atoms with Crippen molar-refractivity contribution in [3.05, 3.63) is 52.8 Å². The summed E-state index contributed by atoms with van der Waals surface area (Å²) in [5, 5.41) is 11.8. The lowest BCUT2D eigenvalue weighted by atomic mass is 10.1. The van der Waals surface area contributed by atoms with Crippen LogP contribution in [0, 0.1) is 0 Å². The molecular weight excluding hydrogens is 272 g/mol. The topological polar surface area (TPSA) is 46.8 Å². The molecule has 0 saturated carbocycles. The first-order valence-corrected chi connectivity index (χ1v) is 7.52. The number of aryl methyl sites for hydroxylation is 1. The smallest absolute Gasteiger partial charge is 0.193 e. The second-order valence-corrected chi connectivity index (χ2v) is 5.90. The lowest BCUT2D eigenvalue weighted by Crippen LogP contribution is -1.97. The van der Waals surface area contributed by atoms with Gasteiger partial charge in [-0.2, -0.15) is 0 Å². The second-order valence-electron chi connectivity index (χ2n) is 5.03. The van der Waals surface area contributed by atoms with E-state index in [1.165, 1.54) is 5.56 Å². The summed E-state index contributed by atoms with van der Waals surface area (Å²) in [4.78, 5) is 5.48. The third-order valence-electron chi connectivity index (χ3n) is 3.69. The Kier molecular flexibility index (Phi) is 2.75. The van der Waals surface area contributed by atoms with E-state index in [0.717, 1.165) is 34.8 Å². The molecule has 0 amide bonds. The quantitative estimate of drug-likeness (QED) is 0.805. The van der Waals surface area contributed by atoms with E-state index in [1.54, 1.807) is 11.3 Å². The Balaban J connectivity index is 1.50. The van der Waals surface area contributed by atoms with Crippen molar-refractivity contribution in [1.29, 1.82) is 0 Å². The lowest BCUT2D eigenvalue weighted by molar-refractivity contribution is 0.180. The van der Waals surface area contributed by atoms with Gasteiger partial charge in [0.15, 0.2) is 4.96 Å². The Hall–Kier alpha value is -1.85. The average molecular weight is 286 g/mol. The van der Waals surface area contributed by atoms with Crippen LogP contribution in [0.25, 0.3) is 4.96 Å². The normalized spacial score (nSPS) is 17.6. The first kappa shape index (κ1) is 11.9. The van der Waals surface area contributed by atoms with Crippen LogP contribution in [0.15, 0.2) is 36.0 Å². The molecule has 1 N–H and O–H groups in total. The van der Waals surface area contributed by atoms with Gasteiger partial charge in [0.2, 0.25) is 0 Å². The molecule has 1 aromatic carbocycles. The molecule has 0 aliphatic heterocycles. The maximum Gasteiger partial charge on any atom is 0.193 e. The fourth-order valence-corrected chi connectivity index (χ4v) is 3.38. The molecule has 5 heteroatoms. The van der Waals surface area contributed by atoms with Crippen molar-refractivity contribution in [3.63, 3.8) is 0 Å². The number of hydrogen-bond donors (Lipinski definition) is 1. The van der Waals surface area contributed by atoms with Gasteiger partial charge in [0.25, 0.3) is 0 Å². The molecule has 4 rings (SSSR count). The van der Waals surface area contributed by atoms with Gasteiger partial charge in [0, 0.05) is 17.8 Å². The van der Waals surface area contributed by atoms with E-state index >= 15 is 0 Å². The Morgan fingerprint density at radius 1 is 1.45 bits per heavy atom. The van der Waals surface area contributed by atoms with Crippen molar-refractivity contribution in [2.45, 2.75) is 25.6 Å². The van der Waals surface area contributed by atoms with Gasteiger partial charge >= 0.3 is 0 Å². The van der Waals surface area contributed by atoms with E-state index in [4.69, 9.17) is 4.74 Å². The van der Waals surface area contributed by atoms with Crippen LogP contribution in [0.3, 0.4) is 0 Å². The minimum atomic E-state index is -0.307. The van der Waals surface area contributed by atoms with Crippen LogP contribution in [-0.2, 0) is 13.0 Å². The van der Waals surface area contributed by atoms with Gasteiger partial charge in [0.05, 0.1) is 11.8 Å². The zero-order valence-corrected chi connectivity index (χ0v) is 11.6. The van der Waals surface area contributed by atoms with E-state index in [1.807, 2.05) is 40.4 Å². The Morgan fingerprint density at radius 2 is 2.40 bits per heavy atom. The average Bonchev–Trinajstić information content (AvgIpc) is 3.11. The molecule has 0 fully saturated rings. The van der Waals surface area contributed by atoms with E-state index in [2.05, 4.69) is 4.98 Å². The predicted octanol–water partition coefficient (Wildman–Crippen LogP) is 2.95. The van der Waals surface area contributed by atoms with Gasteiger partial charge in [-0.25, -0.2) is 4.98 Å². The van der Waals surface area contributed by atoms with E-state index < -0.39 is 0 Å². The van der Waals surface area contributed by atoms with Crippen LogP contribution in [0.1, 0.15) is 29.3 Å². The third kappa shape index (κ3) is 1.99. The standard InChI is InChI=1S/C15H14N2O2S/c18-14-4-1-10-7-12(2-3-13(10)14)19-9-11-8-17-5-6-20-15(17)16-11/h2-3,5-8,14,18H,1,4,9H2. The van der Waals surface area contributed by atoms with Gasteiger partial charge in [-0.15, -0.1) is 11.3 Å². The van der Waals surface area contributed by atoms with Crippen molar-refractivity contribution in [1.82, 2.24) is 9.38 Å². The predicted molar refractivity (Wildman–Crippen MR) is 77.1 cm³/mol. The fraction of sp³-hybridized carbons (Fsp3) is 0.267. The molecule has 2 heterocycles. The maximum absolute atomic E-state index is 9.78. The molecule has 3 aromatic rings. The van der Waals surface area contributed by atoms with Crippen molar-refractivity contribution in [2.75, 3.05) is 0 Å². The van der Waals surface area contributed by atoms with Gasteiger partial charge in [0.1, 0.15) is 12.4 Å². The minimum absolute atomic E-state index is 0.307. The highest BCUT2D eigenvalue weighted by atomic mass is 32.1. The molecule has 1 aliphatic rings. The molecule has 0 bridgehead atoms. The molecule has 2 aromatic heterocycles. The number of aromatic nitrogens is 2. The number of imidazole rings is 1. The number of nitrogens with zero attached hydrogens (tertiary/aromatic N) is 2. The van der Waals surface area contributed by atoms with Crippen molar-refractivity contribution in [3.8, 4) is 5.75 Å². The van der Waals surface area contributed by atoms with Gasteiger partial charge in [-0.1, -0.05) is 6.07 Å². The summed E-state index contributed by atoms with van der Waals surface area (Å²) in [6.45, 7) is 0.468. The van der Waals surface area contributed by atoms with Crippen LogP contribution >= 0.6 is 11.3 Å². The number of hydrogen-bond acceptors (Lipinski definition) is 4. The van der Waals surface area contributed by atoms with Gasteiger partial charge < -0.3 is 9.84 Å². The second kappa shape index (κ2) is 4.61. The molecule has 0 saturated heterocycles. The summed E-state index contributed by atoms with van der Waals surface area (Å²) in [6.07, 6.45) is 5.42. The van der Waals surface area contributed by atoms with E-state index in [9.17, 15) is 5.11 Å². The molecule has 0 spiro atoms. The molecule has 0 radical (unpaired) electrons. The summed E-state index contributed by atoms with van der Waals surface area (Å²) < 4.78 is 7.80. The van der Waals surface area contributed by atoms with Crippen molar-refractivity contribution >= 4 is 16.3 Å². The number of benzene rings is 1. The zero-order valence-electron chi connectivity index (χ0n) is 10.8. The highest BCUT2D eigenvalue weighted by Crippen LogP contribution is 2.33. The highest BCUT2D eigenvalue weighted by molar-refractivity contribution is 7.15. The van der Waals surface area contributed by atoms with Crippen LogP contribution in [0.5, 0.6) is 5.75 Å². The number of rotatable bonds is 3. The first-order chi connectivity index (χ1) is 9.79. The Labute approximate surface area is 120 Å². The number of aliphatic hydroxyl groups is 1. The highest BCUT2D eigenvalue weighted by Gasteiger charge is 2.20. The lowest BCUT2D eigenvalue weighted by Gasteiger charge is -2.07. The number of ether oxygens (including phenoxy) is 1. The third-order valence-corrected chi connectivity index (χ3v) is 4.46. The minimum Gasteiger partial charge on any atom is -0.487 e. The molecular formula is C15H14N2O2S. The van der Waals surface area contributed by atoms with Crippen LogP contribution in [0.2, 0.25) is 0 Å². The molecule has 102 valence electrons. The molecule has 20 heavy (non-hydrogen) atoms. The van der Waals surface area contributed by atoms with Crippen LogP contribution in [-0.4, -0.2) is 14.5 Å². The Morgan fingerprint density at radius 3 is 3.30 bits per heavy atom. The number of aliphatic hydroxyl groups excluding tert-OH is 1. The summed E-state index contributed by atoms with van der Waals surface area (Å²) in [6, 6.07) is 5.92. The fourth-order valence-electron chi connectivity index (χ4n) is 2.66. The molecule has 1 atom stereocenters. The van der Waals surface area contributed by atoms with Crippen molar-refractivity contribution < 1.29 is 9.84 Å². The summed E-state index contributed by atoms with van der Waals surface area (Å²) in [5.41, 5.74) is 3.16. The SMILES string of the molecule is OC1CCc2cc(OCc3cn4ccsc4n3)ccc21. The summed E-state index contributed by atoms with van der Waals surface area (Å²) >= 11 is 1.61. The number of fused-ring (bicyclic) bond motifs is 2. The van der Waals surface area contributed by atoms with E-state index in [0.29, 0.717) is 6.61 Å². The van der Waals surface area contributed by atoms with Gasteiger partial charge in [-0.3, -0.25) is 4.40 Å². The van der Waals surface area contributed by atoms with Crippen molar-refractivity contribution in [2.24, 2.45) is 0 Å². The summed E-state index contributed by atoms with van der Waals surface area (Å²) in [7, 11) is 0. The largest absolute Gasteiger partial charge is 0.487 e. The molecule has 1 unspecified atom stereocenters. The maximum atomic E-state index is 9.78.